The van der Waals surface area contributed by atoms with Crippen LogP contribution in [0.3, 0.4) is 0 Å². The molecule has 0 aliphatic rings. The van der Waals surface area contributed by atoms with Gasteiger partial charge in [0.1, 0.15) is 0 Å². The number of rotatable bonds is 5. The lowest BCUT2D eigenvalue weighted by atomic mass is 10.0. The predicted molar refractivity (Wildman–Crippen MR) is 88.3 cm³/mol. The number of Topliss-reactive ketones (excluding diaryl/α,β-unsaturated/α-hetero) is 1. The van der Waals surface area contributed by atoms with Gasteiger partial charge in [-0.1, -0.05) is 74.3 Å². The van der Waals surface area contributed by atoms with Gasteiger partial charge in [-0.2, -0.15) is 0 Å². The Morgan fingerprint density at radius 1 is 1.00 bits per heavy atom. The molecular formula is C15H11Br2NO3. The highest BCUT2D eigenvalue weighted by Crippen LogP contribution is 2.34. The Hall–Kier alpha value is -1.53. The summed E-state index contributed by atoms with van der Waals surface area (Å²) in [4.78, 5) is 21.8. The monoisotopic (exact) mass is 411 g/mol. The molecule has 0 heterocycles. The van der Waals surface area contributed by atoms with E-state index in [0.717, 1.165) is 5.56 Å². The van der Waals surface area contributed by atoms with Crippen molar-refractivity contribution < 1.29 is 9.72 Å². The van der Waals surface area contributed by atoms with Crippen LogP contribution in [-0.4, -0.2) is 15.5 Å². The number of alkyl halides is 2. The minimum atomic E-state index is -0.457. The van der Waals surface area contributed by atoms with Gasteiger partial charge in [-0.3, -0.25) is 14.9 Å². The minimum absolute atomic E-state index is 0.0268. The Morgan fingerprint density at radius 2 is 1.57 bits per heavy atom. The maximum atomic E-state index is 12.3. The smallest absolute Gasteiger partial charge is 0.269 e. The molecule has 0 N–H and O–H groups in total. The van der Waals surface area contributed by atoms with E-state index >= 15 is 0 Å². The van der Waals surface area contributed by atoms with Crippen LogP contribution < -0.4 is 0 Å². The largest absolute Gasteiger partial charge is 0.293 e. The first-order chi connectivity index (χ1) is 10.0. The molecule has 0 radical (unpaired) electrons. The molecule has 0 saturated heterocycles. The molecule has 0 aromatic heterocycles. The predicted octanol–water partition coefficient (Wildman–Crippen LogP) is 4.68. The molecule has 0 spiro atoms. The topological polar surface area (TPSA) is 60.2 Å². The minimum Gasteiger partial charge on any atom is -0.293 e. The Morgan fingerprint density at radius 3 is 2.10 bits per heavy atom. The molecule has 2 aromatic carbocycles. The molecule has 108 valence electrons. The zero-order valence-electron chi connectivity index (χ0n) is 10.8. The van der Waals surface area contributed by atoms with Crippen LogP contribution in [0.25, 0.3) is 0 Å². The lowest BCUT2D eigenvalue weighted by Crippen LogP contribution is -2.19. The van der Waals surface area contributed by atoms with Crippen molar-refractivity contribution in [1.29, 1.82) is 0 Å². The highest BCUT2D eigenvalue weighted by Gasteiger charge is 2.26. The Balaban J connectivity index is 2.17. The van der Waals surface area contributed by atoms with E-state index in [-0.39, 0.29) is 16.3 Å². The zero-order chi connectivity index (χ0) is 15.4. The SMILES string of the molecule is O=C(c1ccccc1)[C@@H](Br)[C@H](Br)c1ccc([N+](=O)[O-])cc1. The molecule has 0 bridgehead atoms. The molecule has 21 heavy (non-hydrogen) atoms. The molecule has 0 aliphatic heterocycles. The molecule has 4 nitrogen and oxygen atoms in total. The summed E-state index contributed by atoms with van der Waals surface area (Å²) in [6.07, 6.45) is 0. The van der Waals surface area contributed by atoms with Gasteiger partial charge in [-0.25, -0.2) is 0 Å². The number of hydrogen-bond acceptors (Lipinski definition) is 3. The number of halogens is 2. The fourth-order valence-electron chi connectivity index (χ4n) is 1.84. The third-order valence-corrected chi connectivity index (χ3v) is 5.70. The van der Waals surface area contributed by atoms with Crippen LogP contribution in [0.15, 0.2) is 54.6 Å². The first-order valence-corrected chi connectivity index (χ1v) is 7.95. The zero-order valence-corrected chi connectivity index (χ0v) is 14.0. The van der Waals surface area contributed by atoms with E-state index in [1.165, 1.54) is 12.1 Å². The maximum absolute atomic E-state index is 12.3. The van der Waals surface area contributed by atoms with Crippen LogP contribution in [0.1, 0.15) is 20.7 Å². The van der Waals surface area contributed by atoms with E-state index in [4.69, 9.17) is 0 Å². The molecular weight excluding hydrogens is 402 g/mol. The van der Waals surface area contributed by atoms with E-state index in [2.05, 4.69) is 31.9 Å². The first-order valence-electron chi connectivity index (χ1n) is 6.12. The average molecular weight is 413 g/mol. The van der Waals surface area contributed by atoms with Crippen molar-refractivity contribution >= 4 is 43.3 Å². The van der Waals surface area contributed by atoms with E-state index in [1.807, 2.05) is 18.2 Å². The van der Waals surface area contributed by atoms with Crippen molar-refractivity contribution in [2.75, 3.05) is 0 Å². The van der Waals surface area contributed by atoms with E-state index in [0.29, 0.717) is 5.56 Å². The van der Waals surface area contributed by atoms with Gasteiger partial charge in [0.05, 0.1) is 14.6 Å². The van der Waals surface area contributed by atoms with Crippen LogP contribution in [0, 0.1) is 10.1 Å². The van der Waals surface area contributed by atoms with Gasteiger partial charge in [0, 0.05) is 17.7 Å². The van der Waals surface area contributed by atoms with Crippen LogP contribution in [0.2, 0.25) is 0 Å². The maximum Gasteiger partial charge on any atom is 0.269 e. The van der Waals surface area contributed by atoms with Crippen molar-refractivity contribution in [3.63, 3.8) is 0 Å². The highest BCUT2D eigenvalue weighted by molar-refractivity contribution is 9.12. The summed E-state index contributed by atoms with van der Waals surface area (Å²) in [7, 11) is 0. The van der Waals surface area contributed by atoms with Gasteiger partial charge >= 0.3 is 0 Å². The van der Waals surface area contributed by atoms with Crippen molar-refractivity contribution in [3.8, 4) is 0 Å². The fourth-order valence-corrected chi connectivity index (χ4v) is 2.96. The normalized spacial score (nSPS) is 13.4. The van der Waals surface area contributed by atoms with Gasteiger partial charge in [0.15, 0.2) is 5.78 Å². The number of nitrogens with zero attached hydrogens (tertiary/aromatic N) is 1. The van der Waals surface area contributed by atoms with E-state index in [1.54, 1.807) is 24.3 Å². The second kappa shape index (κ2) is 6.95. The standard InChI is InChI=1S/C15H11Br2NO3/c16-13(10-6-8-12(9-7-10)18(20)21)14(17)15(19)11-4-2-1-3-5-11/h1-9,13-14H/t13-,14+/m1/s1. The molecule has 0 saturated carbocycles. The Labute approximate surface area is 138 Å². The van der Waals surface area contributed by atoms with E-state index < -0.39 is 9.75 Å². The van der Waals surface area contributed by atoms with Crippen LogP contribution in [-0.2, 0) is 0 Å². The Kier molecular flexibility index (Phi) is 5.25. The highest BCUT2D eigenvalue weighted by atomic mass is 79.9. The number of nitro groups is 1. The van der Waals surface area contributed by atoms with Crippen molar-refractivity contribution in [2.45, 2.75) is 9.65 Å². The van der Waals surface area contributed by atoms with Gasteiger partial charge in [0.2, 0.25) is 0 Å². The lowest BCUT2D eigenvalue weighted by Gasteiger charge is -2.16. The van der Waals surface area contributed by atoms with Gasteiger partial charge < -0.3 is 0 Å². The number of nitro benzene ring substituents is 1. The van der Waals surface area contributed by atoms with Gasteiger partial charge in [0.25, 0.3) is 5.69 Å². The summed E-state index contributed by atoms with van der Waals surface area (Å²) in [6, 6.07) is 15.1. The third-order valence-electron chi connectivity index (χ3n) is 2.99. The average Bonchev–Trinajstić information content (AvgIpc) is 2.53. The second-order valence-corrected chi connectivity index (χ2v) is 6.36. The number of ketones is 1. The summed E-state index contributed by atoms with van der Waals surface area (Å²) in [5, 5.41) is 10.6. The molecule has 2 rings (SSSR count). The second-order valence-electron chi connectivity index (χ2n) is 4.38. The summed E-state index contributed by atoms with van der Waals surface area (Å²) in [6.45, 7) is 0. The van der Waals surface area contributed by atoms with Crippen LogP contribution in [0.4, 0.5) is 5.69 Å². The van der Waals surface area contributed by atoms with E-state index in [9.17, 15) is 14.9 Å². The number of benzene rings is 2. The Bertz CT molecular complexity index is 644. The number of hydrogen-bond donors (Lipinski definition) is 0. The molecule has 2 atom stereocenters. The molecule has 0 aliphatic carbocycles. The third kappa shape index (κ3) is 3.77. The molecule has 6 heteroatoms. The summed E-state index contributed by atoms with van der Waals surface area (Å²) in [5.74, 6) is -0.0455. The lowest BCUT2D eigenvalue weighted by molar-refractivity contribution is -0.384. The number of carbonyl (C=O) groups is 1. The quantitative estimate of drug-likeness (QED) is 0.310. The van der Waals surface area contributed by atoms with Gasteiger partial charge in [-0.05, 0) is 5.56 Å². The number of non-ortho nitro benzene ring substituents is 1. The fraction of sp³-hybridized carbons (Fsp3) is 0.133. The summed E-state index contributed by atoms with van der Waals surface area (Å²) >= 11 is 6.87. The molecule has 0 amide bonds. The van der Waals surface area contributed by atoms with Crippen molar-refractivity contribution in [3.05, 3.63) is 75.8 Å². The summed E-state index contributed by atoms with van der Waals surface area (Å²) < 4.78 is 0. The van der Waals surface area contributed by atoms with Crippen molar-refractivity contribution in [2.24, 2.45) is 0 Å². The van der Waals surface area contributed by atoms with Crippen LogP contribution in [0.5, 0.6) is 0 Å². The van der Waals surface area contributed by atoms with Crippen molar-refractivity contribution in [1.82, 2.24) is 0 Å². The van der Waals surface area contributed by atoms with Crippen LogP contribution >= 0.6 is 31.9 Å². The number of carbonyl (C=O) groups excluding carboxylic acids is 1. The molecule has 0 fully saturated rings. The first kappa shape index (κ1) is 15.9. The summed E-state index contributed by atoms with van der Waals surface area (Å²) in [5.41, 5.74) is 1.44. The molecule has 0 unspecified atom stereocenters. The van der Waals surface area contributed by atoms with Gasteiger partial charge in [-0.15, -0.1) is 0 Å². The molecule has 2 aromatic rings.